The first-order chi connectivity index (χ1) is 10.9. The molecule has 0 spiro atoms. The summed E-state index contributed by atoms with van der Waals surface area (Å²) in [4.78, 5) is 12.1. The first-order valence-electron chi connectivity index (χ1n) is 7.62. The quantitative estimate of drug-likeness (QED) is 0.889. The average Bonchev–Trinajstić information content (AvgIpc) is 2.56. The van der Waals surface area contributed by atoms with Gasteiger partial charge in [-0.1, -0.05) is 48.5 Å². The Morgan fingerprint density at radius 2 is 1.83 bits per heavy atom. The van der Waals surface area contributed by atoms with E-state index in [0.717, 1.165) is 16.7 Å². The second-order valence-corrected chi connectivity index (χ2v) is 5.98. The van der Waals surface area contributed by atoms with Crippen LogP contribution in [0.5, 0.6) is 0 Å². The minimum Gasteiger partial charge on any atom is -0.445 e. The van der Waals surface area contributed by atoms with E-state index >= 15 is 0 Å². The van der Waals surface area contributed by atoms with Crippen molar-refractivity contribution in [2.75, 3.05) is 6.61 Å². The average molecular weight is 313 g/mol. The highest BCUT2D eigenvalue weighted by molar-refractivity contribution is 5.68. The molecule has 122 valence electrons. The highest BCUT2D eigenvalue weighted by Crippen LogP contribution is 2.23. The van der Waals surface area contributed by atoms with Crippen molar-refractivity contribution in [1.29, 1.82) is 0 Å². The van der Waals surface area contributed by atoms with Gasteiger partial charge in [-0.2, -0.15) is 0 Å². The van der Waals surface area contributed by atoms with Crippen LogP contribution in [0.4, 0.5) is 4.79 Å². The Morgan fingerprint density at radius 1 is 1.13 bits per heavy atom. The Labute approximate surface area is 137 Å². The van der Waals surface area contributed by atoms with Crippen molar-refractivity contribution in [3.63, 3.8) is 0 Å². The molecule has 23 heavy (non-hydrogen) atoms. The number of ether oxygens (including phenoxy) is 1. The summed E-state index contributed by atoms with van der Waals surface area (Å²) < 4.78 is 5.24. The third-order valence-electron chi connectivity index (χ3n) is 4.05. The predicted molar refractivity (Wildman–Crippen MR) is 90.1 cm³/mol. The molecular formula is C19H23NO3. The second kappa shape index (κ2) is 7.29. The Hall–Kier alpha value is -2.33. The molecule has 0 aliphatic rings. The van der Waals surface area contributed by atoms with Gasteiger partial charge in [-0.15, -0.1) is 0 Å². The van der Waals surface area contributed by atoms with Crippen molar-refractivity contribution in [2.45, 2.75) is 32.9 Å². The molecule has 0 saturated carbocycles. The first-order valence-corrected chi connectivity index (χ1v) is 7.62. The molecule has 1 unspecified atom stereocenters. The van der Waals surface area contributed by atoms with Gasteiger partial charge in [0.1, 0.15) is 6.61 Å². The first kappa shape index (κ1) is 17.0. The zero-order valence-corrected chi connectivity index (χ0v) is 13.8. The maximum Gasteiger partial charge on any atom is 0.408 e. The summed E-state index contributed by atoms with van der Waals surface area (Å²) in [5.74, 6) is 0. The lowest BCUT2D eigenvalue weighted by Crippen LogP contribution is -2.46. The molecule has 0 fully saturated rings. The predicted octanol–water partition coefficient (Wildman–Crippen LogP) is 3.44. The van der Waals surface area contributed by atoms with Crippen LogP contribution in [0.25, 0.3) is 0 Å². The van der Waals surface area contributed by atoms with E-state index in [9.17, 15) is 9.90 Å². The van der Waals surface area contributed by atoms with E-state index in [1.54, 1.807) is 6.92 Å². The van der Waals surface area contributed by atoms with Crippen molar-refractivity contribution in [2.24, 2.45) is 0 Å². The van der Waals surface area contributed by atoms with Gasteiger partial charge in [0, 0.05) is 0 Å². The van der Waals surface area contributed by atoms with Crippen molar-refractivity contribution in [1.82, 2.24) is 5.32 Å². The summed E-state index contributed by atoms with van der Waals surface area (Å²) in [6.07, 6.45) is -0.552. The number of nitrogens with one attached hydrogen (secondary N) is 1. The maximum absolute atomic E-state index is 12.1. The molecule has 1 atom stereocenters. The Kier molecular flexibility index (Phi) is 5.40. The molecule has 4 heteroatoms. The van der Waals surface area contributed by atoms with E-state index in [1.807, 2.05) is 62.4 Å². The van der Waals surface area contributed by atoms with E-state index in [0.29, 0.717) is 0 Å². The van der Waals surface area contributed by atoms with Crippen LogP contribution in [-0.4, -0.2) is 17.8 Å². The normalized spacial score (nSPS) is 13.2. The summed E-state index contributed by atoms with van der Waals surface area (Å²) in [6.45, 7) is 5.79. The molecule has 0 bridgehead atoms. The number of aliphatic hydroxyl groups excluding tert-OH is 1. The standard InChI is InChI=1S/C19H23NO3/c1-14-9-10-17(11-15(14)2)19(3,13-21)20-18(22)23-12-16-7-5-4-6-8-16/h4-11,21H,12-13H2,1-3H3,(H,20,22). The van der Waals surface area contributed by atoms with Gasteiger partial charge < -0.3 is 15.2 Å². The molecule has 4 nitrogen and oxygen atoms in total. The number of aliphatic hydroxyl groups is 1. The van der Waals surface area contributed by atoms with E-state index < -0.39 is 11.6 Å². The molecule has 0 aromatic heterocycles. The number of benzene rings is 2. The van der Waals surface area contributed by atoms with Crippen LogP contribution in [-0.2, 0) is 16.9 Å². The van der Waals surface area contributed by atoms with Gasteiger partial charge in [-0.25, -0.2) is 4.79 Å². The van der Waals surface area contributed by atoms with E-state index in [4.69, 9.17) is 4.74 Å². The van der Waals surface area contributed by atoms with Gasteiger partial charge in [0.25, 0.3) is 0 Å². The number of hydrogen-bond acceptors (Lipinski definition) is 3. The number of carbonyl (C=O) groups is 1. The Balaban J connectivity index is 2.05. The molecule has 2 aromatic rings. The second-order valence-electron chi connectivity index (χ2n) is 5.98. The molecule has 2 rings (SSSR count). The van der Waals surface area contributed by atoms with Crippen LogP contribution in [0.15, 0.2) is 48.5 Å². The monoisotopic (exact) mass is 313 g/mol. The van der Waals surface area contributed by atoms with Gasteiger partial charge in [0.2, 0.25) is 0 Å². The summed E-state index contributed by atoms with van der Waals surface area (Å²) >= 11 is 0. The highest BCUT2D eigenvalue weighted by Gasteiger charge is 2.28. The fourth-order valence-electron chi connectivity index (χ4n) is 2.27. The van der Waals surface area contributed by atoms with Crippen molar-refractivity contribution in [3.05, 3.63) is 70.8 Å². The molecule has 2 N–H and O–H groups in total. The third kappa shape index (κ3) is 4.33. The largest absolute Gasteiger partial charge is 0.445 e. The molecule has 0 radical (unpaired) electrons. The van der Waals surface area contributed by atoms with Gasteiger partial charge in [0.05, 0.1) is 12.1 Å². The minimum absolute atomic E-state index is 0.196. The molecule has 0 aliphatic carbocycles. The molecule has 2 aromatic carbocycles. The third-order valence-corrected chi connectivity index (χ3v) is 4.05. The lowest BCUT2D eigenvalue weighted by Gasteiger charge is -2.29. The van der Waals surface area contributed by atoms with Crippen LogP contribution in [0.2, 0.25) is 0 Å². The number of rotatable bonds is 5. The zero-order chi connectivity index (χ0) is 16.9. The topological polar surface area (TPSA) is 58.6 Å². The van der Waals surface area contributed by atoms with Gasteiger partial charge in [-0.05, 0) is 43.0 Å². The van der Waals surface area contributed by atoms with E-state index in [2.05, 4.69) is 5.32 Å². The SMILES string of the molecule is Cc1ccc(C(C)(CO)NC(=O)OCc2ccccc2)cc1C. The number of amides is 1. The van der Waals surface area contributed by atoms with E-state index in [1.165, 1.54) is 5.56 Å². The lowest BCUT2D eigenvalue weighted by atomic mass is 9.90. The number of hydrogen-bond donors (Lipinski definition) is 2. The zero-order valence-electron chi connectivity index (χ0n) is 13.8. The Morgan fingerprint density at radius 3 is 2.43 bits per heavy atom. The smallest absolute Gasteiger partial charge is 0.408 e. The van der Waals surface area contributed by atoms with Crippen molar-refractivity contribution in [3.8, 4) is 0 Å². The lowest BCUT2D eigenvalue weighted by molar-refractivity contribution is 0.111. The van der Waals surface area contributed by atoms with Crippen LogP contribution in [0, 0.1) is 13.8 Å². The summed E-state index contributed by atoms with van der Waals surface area (Å²) in [6, 6.07) is 15.3. The van der Waals surface area contributed by atoms with Crippen LogP contribution in [0.3, 0.4) is 0 Å². The summed E-state index contributed by atoms with van der Waals surface area (Å²) in [5, 5.41) is 12.5. The van der Waals surface area contributed by atoms with Gasteiger partial charge >= 0.3 is 6.09 Å². The molecule has 1 amide bonds. The minimum atomic E-state index is -0.883. The number of alkyl carbamates (subject to hydrolysis) is 1. The van der Waals surface area contributed by atoms with Crippen LogP contribution >= 0.6 is 0 Å². The van der Waals surface area contributed by atoms with E-state index in [-0.39, 0.29) is 13.2 Å². The van der Waals surface area contributed by atoms with Gasteiger partial charge in [-0.3, -0.25) is 0 Å². The number of carbonyl (C=O) groups excluding carboxylic acids is 1. The van der Waals surface area contributed by atoms with Crippen molar-refractivity contribution >= 4 is 6.09 Å². The number of aryl methyl sites for hydroxylation is 2. The summed E-state index contributed by atoms with van der Waals surface area (Å²) in [7, 11) is 0. The highest BCUT2D eigenvalue weighted by atomic mass is 16.5. The Bertz CT molecular complexity index is 670. The molecule has 0 heterocycles. The van der Waals surface area contributed by atoms with Crippen LogP contribution < -0.4 is 5.32 Å². The van der Waals surface area contributed by atoms with Crippen molar-refractivity contribution < 1.29 is 14.6 Å². The molecular weight excluding hydrogens is 290 g/mol. The molecule has 0 saturated heterocycles. The van der Waals surface area contributed by atoms with Gasteiger partial charge in [0.15, 0.2) is 0 Å². The van der Waals surface area contributed by atoms with Crippen LogP contribution in [0.1, 0.15) is 29.2 Å². The fraction of sp³-hybridized carbons (Fsp3) is 0.316. The maximum atomic E-state index is 12.1. The summed E-state index contributed by atoms with van der Waals surface area (Å²) in [5.41, 5.74) is 3.16. The molecule has 0 aliphatic heterocycles. The fourth-order valence-corrected chi connectivity index (χ4v) is 2.27.